The molecule has 8 heteroatoms. The van der Waals surface area contributed by atoms with Crippen molar-refractivity contribution < 1.29 is 25.2 Å². The van der Waals surface area contributed by atoms with Gasteiger partial charge in [-0.05, 0) is 60.4 Å². The van der Waals surface area contributed by atoms with Crippen molar-refractivity contribution in [1.29, 1.82) is 0 Å². The van der Waals surface area contributed by atoms with Crippen LogP contribution >= 0.6 is 17.0 Å². The quantitative estimate of drug-likeness (QED) is 0.369. The average Bonchev–Trinajstić information content (AvgIpc) is 3.09. The molecule has 1 saturated heterocycles. The van der Waals surface area contributed by atoms with Crippen molar-refractivity contribution in [3.63, 3.8) is 0 Å². The van der Waals surface area contributed by atoms with E-state index in [2.05, 4.69) is 18.8 Å². The van der Waals surface area contributed by atoms with E-state index in [0.29, 0.717) is 6.54 Å². The van der Waals surface area contributed by atoms with Crippen molar-refractivity contribution >= 4 is 44.9 Å². The number of halogens is 1. The molecule has 0 amide bonds. The summed E-state index contributed by atoms with van der Waals surface area (Å²) in [7, 11) is 0. The smallest absolute Gasteiger partial charge is 0.159 e. The first kappa shape index (κ1) is 21.1. The van der Waals surface area contributed by atoms with Crippen LogP contribution in [0.3, 0.4) is 0 Å². The molecule has 3 aromatic rings. The fourth-order valence-corrected chi connectivity index (χ4v) is 4.66. The van der Waals surface area contributed by atoms with Crippen molar-refractivity contribution in [3.05, 3.63) is 46.7 Å². The number of rotatable bonds is 1. The van der Waals surface area contributed by atoms with Crippen LogP contribution in [0, 0.1) is 13.8 Å². The zero-order valence-corrected chi connectivity index (χ0v) is 18.4. The number of aliphatic hydroxyl groups excluding tert-OH is 3. The zero-order valence-electron chi connectivity index (χ0n) is 16.7. The Morgan fingerprint density at radius 2 is 1.87 bits per heavy atom. The highest BCUT2D eigenvalue weighted by molar-refractivity contribution is 8.93. The first-order valence-corrected chi connectivity index (χ1v) is 9.73. The van der Waals surface area contributed by atoms with E-state index in [0.717, 1.165) is 44.1 Å². The van der Waals surface area contributed by atoms with Crippen LogP contribution < -0.4 is 0 Å². The number of H-pyrrole nitrogens is 1. The number of aromatic nitrogens is 1. The van der Waals surface area contributed by atoms with Gasteiger partial charge in [-0.1, -0.05) is 0 Å². The van der Waals surface area contributed by atoms with Gasteiger partial charge in [0.2, 0.25) is 0 Å². The van der Waals surface area contributed by atoms with E-state index in [9.17, 15) is 20.4 Å². The normalized spacial score (nSPS) is 26.1. The number of aliphatic hydroxyl groups is 3. The highest BCUT2D eigenvalue weighted by Crippen LogP contribution is 2.39. The van der Waals surface area contributed by atoms with E-state index < -0.39 is 24.5 Å². The lowest BCUT2D eigenvalue weighted by molar-refractivity contribution is -0.222. The molecule has 0 bridgehead atoms. The molecule has 160 valence electrons. The molecule has 0 radical (unpaired) electrons. The number of phenolic OH excluding ortho intramolecular Hbond substituents is 1. The van der Waals surface area contributed by atoms with E-state index in [-0.39, 0.29) is 29.3 Å². The molecule has 0 aliphatic carbocycles. The third-order valence-electron chi connectivity index (χ3n) is 6.29. The summed E-state index contributed by atoms with van der Waals surface area (Å²) < 4.78 is 5.63. The summed E-state index contributed by atoms with van der Waals surface area (Å²) in [6.45, 7) is 4.61. The predicted molar refractivity (Wildman–Crippen MR) is 120 cm³/mol. The number of ether oxygens (including phenoxy) is 1. The Bertz CT molecular complexity index is 1160. The number of aromatic amines is 1. The minimum Gasteiger partial charge on any atom is -0.508 e. The summed E-state index contributed by atoms with van der Waals surface area (Å²) in [6, 6.07) is 5.32. The van der Waals surface area contributed by atoms with Gasteiger partial charge in [-0.2, -0.15) is 0 Å². The molecule has 1 fully saturated rings. The number of nitrogens with zero attached hydrogens (tertiary/aromatic N) is 1. The molecule has 3 heterocycles. The Labute approximate surface area is 184 Å². The largest absolute Gasteiger partial charge is 0.508 e. The second kappa shape index (κ2) is 7.55. The van der Waals surface area contributed by atoms with Crippen molar-refractivity contribution in [2.24, 2.45) is 0 Å². The number of phenols is 1. The summed E-state index contributed by atoms with van der Waals surface area (Å²) in [5.41, 5.74) is 6.46. The van der Waals surface area contributed by atoms with Gasteiger partial charge in [0.05, 0.1) is 12.1 Å². The Hall–Kier alpha value is -2.10. The molecule has 0 unspecified atom stereocenters. The fraction of sp³-hybridized carbons (Fsp3) is 0.364. The average molecular weight is 477 g/mol. The number of aromatic hydroxyl groups is 1. The summed E-state index contributed by atoms with van der Waals surface area (Å²) in [6.07, 6.45) is -0.416. The Balaban J connectivity index is 0.00000218. The summed E-state index contributed by atoms with van der Waals surface area (Å²) in [5, 5.41) is 42.2. The Morgan fingerprint density at radius 3 is 2.63 bits per heavy atom. The third-order valence-corrected chi connectivity index (χ3v) is 6.29. The number of hydrogen-bond acceptors (Lipinski definition) is 6. The number of benzene rings is 2. The van der Waals surface area contributed by atoms with Gasteiger partial charge in [0.1, 0.15) is 24.1 Å². The molecule has 30 heavy (non-hydrogen) atoms. The summed E-state index contributed by atoms with van der Waals surface area (Å²) in [5.74, 6) is 0.223. The fourth-order valence-electron chi connectivity index (χ4n) is 4.66. The lowest BCUT2D eigenvalue weighted by Crippen LogP contribution is -2.57. The van der Waals surface area contributed by atoms with Crippen LogP contribution in [-0.4, -0.2) is 61.5 Å². The van der Waals surface area contributed by atoms with Crippen molar-refractivity contribution in [2.75, 3.05) is 6.61 Å². The number of aryl methyl sites for hydroxylation is 2. The molecule has 0 spiro atoms. The molecule has 2 aliphatic heterocycles. The Morgan fingerprint density at radius 1 is 1.10 bits per heavy atom. The zero-order chi connectivity index (χ0) is 20.4. The van der Waals surface area contributed by atoms with Crippen molar-refractivity contribution in [2.45, 2.75) is 44.9 Å². The van der Waals surface area contributed by atoms with E-state index in [1.807, 2.05) is 23.2 Å². The van der Waals surface area contributed by atoms with Crippen molar-refractivity contribution in [1.82, 2.24) is 9.88 Å². The van der Waals surface area contributed by atoms with Crippen LogP contribution in [0.5, 0.6) is 5.75 Å². The van der Waals surface area contributed by atoms with Crippen LogP contribution in [0.2, 0.25) is 0 Å². The van der Waals surface area contributed by atoms with E-state index in [4.69, 9.17) is 4.74 Å². The standard InChI is InChI=1S/C22H24N2O5.BrH/c1-10-15-8-24(22-21(28)20(27)17(26)9-29-22)6-5-13(15)11(2)19-18(10)14-7-12(25)3-4-16(14)23-19;/h3-7,17,20-23,25-28H,8-9H2,1-2H3;1H/t17-,20-,21+,22-;/m1./s1. The Kier molecular flexibility index (Phi) is 5.32. The second-order valence-electron chi connectivity index (χ2n) is 8.01. The number of fused-ring (bicyclic) bond motifs is 4. The van der Waals surface area contributed by atoms with Crippen LogP contribution in [0.4, 0.5) is 0 Å². The molecular formula is C22H25BrN2O5. The molecule has 0 saturated carbocycles. The number of hydrogen-bond donors (Lipinski definition) is 5. The van der Waals surface area contributed by atoms with Gasteiger partial charge in [0, 0.05) is 29.0 Å². The molecule has 7 nitrogen and oxygen atoms in total. The number of nitrogens with one attached hydrogen (secondary N) is 1. The van der Waals surface area contributed by atoms with Gasteiger partial charge in [0.25, 0.3) is 0 Å². The highest BCUT2D eigenvalue weighted by atomic mass is 79.9. The first-order chi connectivity index (χ1) is 13.9. The van der Waals surface area contributed by atoms with Crippen molar-refractivity contribution in [3.8, 4) is 5.75 Å². The lowest BCUT2D eigenvalue weighted by atomic mass is 9.90. The lowest BCUT2D eigenvalue weighted by Gasteiger charge is -2.42. The maximum Gasteiger partial charge on any atom is 0.159 e. The second-order valence-corrected chi connectivity index (χ2v) is 8.01. The van der Waals surface area contributed by atoms with Crippen LogP contribution in [0.15, 0.2) is 24.4 Å². The van der Waals surface area contributed by atoms with Gasteiger partial charge in [-0.3, -0.25) is 0 Å². The van der Waals surface area contributed by atoms with Gasteiger partial charge < -0.3 is 35.0 Å². The maximum atomic E-state index is 10.4. The van der Waals surface area contributed by atoms with Gasteiger partial charge >= 0.3 is 0 Å². The van der Waals surface area contributed by atoms with Crippen LogP contribution in [0.25, 0.3) is 27.9 Å². The van der Waals surface area contributed by atoms with E-state index in [1.54, 1.807) is 12.1 Å². The minimum absolute atomic E-state index is 0. The summed E-state index contributed by atoms with van der Waals surface area (Å²) >= 11 is 0. The van der Waals surface area contributed by atoms with Gasteiger partial charge in [-0.25, -0.2) is 0 Å². The molecule has 2 aliphatic rings. The predicted octanol–water partition coefficient (Wildman–Crippen LogP) is 2.45. The molecule has 1 aromatic heterocycles. The molecule has 5 rings (SSSR count). The van der Waals surface area contributed by atoms with E-state index >= 15 is 0 Å². The summed E-state index contributed by atoms with van der Waals surface area (Å²) in [4.78, 5) is 5.33. The van der Waals surface area contributed by atoms with Crippen LogP contribution in [0.1, 0.15) is 22.3 Å². The van der Waals surface area contributed by atoms with Crippen LogP contribution in [-0.2, 0) is 11.3 Å². The molecular weight excluding hydrogens is 452 g/mol. The first-order valence-electron chi connectivity index (χ1n) is 9.73. The minimum atomic E-state index is -1.24. The molecule has 5 N–H and O–H groups in total. The SMILES string of the molecule is Br.Cc1c2c(c(C)c3c1[nH]c1ccc(O)cc13)CN([C@@H]1OC[C@@H](O)[C@@H](O)[C@@H]1O)C=C2. The monoisotopic (exact) mass is 476 g/mol. The topological polar surface area (TPSA) is 109 Å². The molecule has 2 aromatic carbocycles. The maximum absolute atomic E-state index is 10.4. The van der Waals surface area contributed by atoms with Gasteiger partial charge in [-0.15, -0.1) is 17.0 Å². The highest BCUT2D eigenvalue weighted by Gasteiger charge is 2.40. The van der Waals surface area contributed by atoms with E-state index in [1.165, 1.54) is 0 Å². The van der Waals surface area contributed by atoms with Gasteiger partial charge in [0.15, 0.2) is 6.23 Å². The molecule has 4 atom stereocenters. The third kappa shape index (κ3) is 3.02.